The second-order valence-corrected chi connectivity index (χ2v) is 7.17. The first-order chi connectivity index (χ1) is 11.3. The Morgan fingerprint density at radius 1 is 0.913 bits per heavy atom. The van der Waals surface area contributed by atoms with Crippen molar-refractivity contribution in [3.63, 3.8) is 0 Å². The monoisotopic (exact) mass is 307 g/mol. The Labute approximate surface area is 138 Å². The molecule has 0 aromatic heterocycles. The van der Waals surface area contributed by atoms with Gasteiger partial charge in [-0.15, -0.1) is 0 Å². The van der Waals surface area contributed by atoms with E-state index in [1.165, 1.54) is 35.6 Å². The Bertz CT molecular complexity index is 702. The largest absolute Gasteiger partial charge is 0.307 e. The summed E-state index contributed by atoms with van der Waals surface area (Å²) in [6.07, 6.45) is 7.02. The van der Waals surface area contributed by atoms with Gasteiger partial charge in [-0.2, -0.15) is 0 Å². The Morgan fingerprint density at radius 3 is 2.52 bits per heavy atom. The maximum atomic E-state index is 13.0. The molecule has 1 aliphatic carbocycles. The van der Waals surface area contributed by atoms with Gasteiger partial charge in [-0.05, 0) is 42.1 Å². The summed E-state index contributed by atoms with van der Waals surface area (Å²) in [5.41, 5.74) is 1.32. The second-order valence-electron chi connectivity index (χ2n) is 7.17. The van der Waals surface area contributed by atoms with Crippen LogP contribution in [0.3, 0.4) is 0 Å². The second kappa shape index (κ2) is 6.45. The lowest BCUT2D eigenvalue weighted by Crippen LogP contribution is -2.39. The molecule has 2 fully saturated rings. The van der Waals surface area contributed by atoms with Crippen LogP contribution in [0.15, 0.2) is 42.5 Å². The SMILES string of the molecule is O=C(C1CCCCC1)[C@@H]1NCC[C@@H]1c1ccc2ccccc2c1. The van der Waals surface area contributed by atoms with Crippen LogP contribution in [0, 0.1) is 5.92 Å². The third-order valence-electron chi connectivity index (χ3n) is 5.74. The van der Waals surface area contributed by atoms with Gasteiger partial charge in [0.25, 0.3) is 0 Å². The van der Waals surface area contributed by atoms with E-state index in [1.807, 2.05) is 0 Å². The minimum Gasteiger partial charge on any atom is -0.307 e. The molecule has 0 unspecified atom stereocenters. The molecule has 23 heavy (non-hydrogen) atoms. The van der Waals surface area contributed by atoms with E-state index in [4.69, 9.17) is 0 Å². The van der Waals surface area contributed by atoms with E-state index in [0.717, 1.165) is 25.8 Å². The molecule has 2 aromatic carbocycles. The summed E-state index contributed by atoms with van der Waals surface area (Å²) in [7, 11) is 0. The number of benzene rings is 2. The molecule has 1 saturated carbocycles. The molecule has 2 atom stereocenters. The van der Waals surface area contributed by atoms with E-state index in [2.05, 4.69) is 47.8 Å². The number of nitrogens with one attached hydrogen (secondary N) is 1. The van der Waals surface area contributed by atoms with Gasteiger partial charge in [0.1, 0.15) is 0 Å². The van der Waals surface area contributed by atoms with Gasteiger partial charge in [0.15, 0.2) is 5.78 Å². The molecule has 0 amide bonds. The molecule has 2 aromatic rings. The quantitative estimate of drug-likeness (QED) is 0.908. The maximum Gasteiger partial charge on any atom is 0.153 e. The van der Waals surface area contributed by atoms with E-state index in [0.29, 0.717) is 17.6 Å². The molecule has 2 nitrogen and oxygen atoms in total. The highest BCUT2D eigenvalue weighted by Gasteiger charge is 2.37. The number of ketones is 1. The van der Waals surface area contributed by atoms with Crippen LogP contribution in [-0.2, 0) is 4.79 Å². The van der Waals surface area contributed by atoms with Crippen LogP contribution in [0.5, 0.6) is 0 Å². The van der Waals surface area contributed by atoms with E-state index >= 15 is 0 Å². The van der Waals surface area contributed by atoms with Gasteiger partial charge in [0, 0.05) is 11.8 Å². The molecule has 0 bridgehead atoms. The molecule has 120 valence electrons. The zero-order chi connectivity index (χ0) is 15.6. The summed E-state index contributed by atoms with van der Waals surface area (Å²) in [5, 5.41) is 6.05. The molecular weight excluding hydrogens is 282 g/mol. The minimum absolute atomic E-state index is 0.0271. The van der Waals surface area contributed by atoms with Gasteiger partial charge in [-0.25, -0.2) is 0 Å². The number of fused-ring (bicyclic) bond motifs is 1. The van der Waals surface area contributed by atoms with E-state index < -0.39 is 0 Å². The van der Waals surface area contributed by atoms with Crippen LogP contribution in [0.1, 0.15) is 50.0 Å². The minimum atomic E-state index is 0.0271. The molecule has 1 aliphatic heterocycles. The van der Waals surface area contributed by atoms with Crippen molar-refractivity contribution in [1.29, 1.82) is 0 Å². The fourth-order valence-electron chi connectivity index (χ4n) is 4.44. The zero-order valence-corrected chi connectivity index (χ0v) is 13.6. The Balaban J connectivity index is 1.59. The van der Waals surface area contributed by atoms with Crippen LogP contribution >= 0.6 is 0 Å². The average molecular weight is 307 g/mol. The van der Waals surface area contributed by atoms with Crippen molar-refractivity contribution in [2.45, 2.75) is 50.5 Å². The Hall–Kier alpha value is -1.67. The van der Waals surface area contributed by atoms with Gasteiger partial charge in [-0.3, -0.25) is 4.79 Å². The highest BCUT2D eigenvalue weighted by molar-refractivity contribution is 5.88. The van der Waals surface area contributed by atoms with Crippen molar-refractivity contribution in [2.75, 3.05) is 6.54 Å². The molecular formula is C21H25NO. The van der Waals surface area contributed by atoms with Crippen LogP contribution in [0.25, 0.3) is 10.8 Å². The number of carbonyl (C=O) groups is 1. The number of Topliss-reactive ketones (excluding diaryl/α,β-unsaturated/α-hetero) is 1. The lowest BCUT2D eigenvalue weighted by atomic mass is 9.79. The number of hydrogen-bond donors (Lipinski definition) is 1. The fraction of sp³-hybridized carbons (Fsp3) is 0.476. The van der Waals surface area contributed by atoms with E-state index in [9.17, 15) is 4.79 Å². The lowest BCUT2D eigenvalue weighted by molar-refractivity contribution is -0.125. The number of hydrogen-bond acceptors (Lipinski definition) is 2. The van der Waals surface area contributed by atoms with Crippen molar-refractivity contribution in [3.8, 4) is 0 Å². The predicted octanol–water partition coefficient (Wildman–Crippen LogP) is 4.43. The van der Waals surface area contributed by atoms with Gasteiger partial charge < -0.3 is 5.32 Å². The van der Waals surface area contributed by atoms with Gasteiger partial charge in [-0.1, -0.05) is 61.7 Å². The highest BCUT2D eigenvalue weighted by Crippen LogP contribution is 2.34. The number of rotatable bonds is 3. The number of carbonyl (C=O) groups excluding carboxylic acids is 1. The van der Waals surface area contributed by atoms with Gasteiger partial charge in [0.05, 0.1) is 6.04 Å². The molecule has 4 rings (SSSR count). The van der Waals surface area contributed by atoms with Crippen molar-refractivity contribution in [2.24, 2.45) is 5.92 Å². The third kappa shape index (κ3) is 2.92. The van der Waals surface area contributed by atoms with Crippen molar-refractivity contribution >= 4 is 16.6 Å². The standard InChI is InChI=1S/C21H25NO/c23-21(16-7-2-1-3-8-16)20-19(12-13-22-20)18-11-10-15-6-4-5-9-17(15)14-18/h4-6,9-11,14,16,19-20,22H,1-3,7-8,12-13H2/t19-,20-/m1/s1. The average Bonchev–Trinajstić information content (AvgIpc) is 3.11. The smallest absolute Gasteiger partial charge is 0.153 e. The summed E-state index contributed by atoms with van der Waals surface area (Å²) in [4.78, 5) is 13.0. The van der Waals surface area contributed by atoms with Crippen LogP contribution in [0.2, 0.25) is 0 Å². The maximum absolute atomic E-state index is 13.0. The van der Waals surface area contributed by atoms with E-state index in [-0.39, 0.29) is 6.04 Å². The topological polar surface area (TPSA) is 29.1 Å². The van der Waals surface area contributed by atoms with Gasteiger partial charge in [0.2, 0.25) is 0 Å². The summed E-state index contributed by atoms with van der Waals surface area (Å²) < 4.78 is 0. The summed E-state index contributed by atoms with van der Waals surface area (Å²) in [6.45, 7) is 0.959. The van der Waals surface area contributed by atoms with E-state index in [1.54, 1.807) is 0 Å². The first-order valence-corrected chi connectivity index (χ1v) is 9.09. The van der Waals surface area contributed by atoms with Crippen molar-refractivity contribution in [3.05, 3.63) is 48.0 Å². The first-order valence-electron chi connectivity index (χ1n) is 9.09. The molecule has 0 radical (unpaired) electrons. The molecule has 2 aliphatic rings. The molecule has 1 heterocycles. The first kappa shape index (κ1) is 14.9. The lowest BCUT2D eigenvalue weighted by Gasteiger charge is -2.26. The molecule has 1 N–H and O–H groups in total. The summed E-state index contributed by atoms with van der Waals surface area (Å²) in [6, 6.07) is 15.2. The molecule has 0 spiro atoms. The normalized spacial score (nSPS) is 25.7. The van der Waals surface area contributed by atoms with Crippen molar-refractivity contribution < 1.29 is 4.79 Å². The molecule has 1 saturated heterocycles. The van der Waals surface area contributed by atoms with Crippen LogP contribution in [-0.4, -0.2) is 18.4 Å². The van der Waals surface area contributed by atoms with Crippen LogP contribution in [0.4, 0.5) is 0 Å². The third-order valence-corrected chi connectivity index (χ3v) is 5.74. The molecule has 2 heteroatoms. The highest BCUT2D eigenvalue weighted by atomic mass is 16.1. The predicted molar refractivity (Wildman–Crippen MR) is 94.7 cm³/mol. The van der Waals surface area contributed by atoms with Crippen molar-refractivity contribution in [1.82, 2.24) is 5.32 Å². The van der Waals surface area contributed by atoms with Gasteiger partial charge >= 0.3 is 0 Å². The fourth-order valence-corrected chi connectivity index (χ4v) is 4.44. The zero-order valence-electron chi connectivity index (χ0n) is 13.6. The summed E-state index contributed by atoms with van der Waals surface area (Å²) >= 11 is 0. The Morgan fingerprint density at radius 2 is 1.70 bits per heavy atom. The summed E-state index contributed by atoms with van der Waals surface area (Å²) in [5.74, 6) is 1.11. The Kier molecular flexibility index (Phi) is 4.17. The van der Waals surface area contributed by atoms with Crippen LogP contribution < -0.4 is 5.32 Å².